The molecule has 0 spiro atoms. The van der Waals surface area contributed by atoms with Crippen LogP contribution in [0, 0.1) is 0 Å². The molecule has 0 aliphatic carbocycles. The van der Waals surface area contributed by atoms with Gasteiger partial charge in [-0.05, 0) is 72.4 Å². The third kappa shape index (κ3) is 6.89. The average Bonchev–Trinajstić information content (AvgIpc) is 3.30. The lowest BCUT2D eigenvalue weighted by molar-refractivity contribution is -0.107. The molecule has 3 atom stereocenters. The smallest absolute Gasteiger partial charge is 0.211 e. The molecule has 1 saturated heterocycles. The minimum atomic E-state index is -3.34. The summed E-state index contributed by atoms with van der Waals surface area (Å²) in [6, 6.07) is 21.0. The molecular weight excluding hydrogens is 631 g/mol. The first-order chi connectivity index (χ1) is 21.1. The van der Waals surface area contributed by atoms with E-state index in [1.165, 1.54) is 10.6 Å². The molecule has 2 aliphatic rings. The Labute approximate surface area is 277 Å². The lowest BCUT2D eigenvalue weighted by Gasteiger charge is -2.44. The van der Waals surface area contributed by atoms with Gasteiger partial charge in [0, 0.05) is 36.2 Å². The van der Waals surface area contributed by atoms with Crippen LogP contribution in [0.5, 0.6) is 5.75 Å². The van der Waals surface area contributed by atoms with Gasteiger partial charge in [-0.1, -0.05) is 74.3 Å². The molecule has 0 radical (unpaired) electrons. The van der Waals surface area contributed by atoms with E-state index in [0.717, 1.165) is 22.3 Å². The van der Waals surface area contributed by atoms with Gasteiger partial charge in [0.15, 0.2) is 6.35 Å². The Morgan fingerprint density at radius 3 is 2.09 bits per heavy atom. The number of piperazine rings is 1. The van der Waals surface area contributed by atoms with Gasteiger partial charge in [-0.3, -0.25) is 9.89 Å². The Bertz CT molecular complexity index is 1650. The molecule has 0 amide bonds. The molecule has 2 heterocycles. The van der Waals surface area contributed by atoms with E-state index < -0.39 is 28.0 Å². The highest BCUT2D eigenvalue weighted by molar-refractivity contribution is 7.88. The van der Waals surface area contributed by atoms with Crippen molar-refractivity contribution < 1.29 is 18.3 Å². The van der Waals surface area contributed by atoms with Crippen molar-refractivity contribution in [2.45, 2.75) is 58.0 Å². The van der Waals surface area contributed by atoms with Crippen molar-refractivity contribution in [1.29, 1.82) is 0 Å². The second kappa shape index (κ2) is 12.9. The Balaban J connectivity index is 1.71. The molecule has 1 unspecified atom stereocenters. The number of sulfonamides is 1. The number of amidine groups is 1. The van der Waals surface area contributed by atoms with E-state index in [4.69, 9.17) is 32.9 Å². The van der Waals surface area contributed by atoms with E-state index in [-0.39, 0.29) is 18.5 Å². The zero-order chi connectivity index (χ0) is 32.7. The summed E-state index contributed by atoms with van der Waals surface area (Å²) in [6.07, 6.45) is 0.0895. The SMILES string of the molecule is CCOc1cc(C(C)(C)C)ccc1C1=N[C@@](C)(c2ccc(Cl)cc2)[C@@H](c2ccc(Cl)cc2)N1C(O)N1CCN(S(C)(=O)=O)CC1. The summed E-state index contributed by atoms with van der Waals surface area (Å²) in [5, 5.41) is 13.5. The van der Waals surface area contributed by atoms with Crippen LogP contribution in [0.1, 0.15) is 62.9 Å². The van der Waals surface area contributed by atoms with E-state index in [2.05, 4.69) is 39.8 Å². The van der Waals surface area contributed by atoms with Gasteiger partial charge >= 0.3 is 0 Å². The second-order valence-electron chi connectivity index (χ2n) is 12.9. The molecule has 2 aliphatic heterocycles. The number of benzene rings is 3. The first-order valence-electron chi connectivity index (χ1n) is 15.2. The first-order valence-corrected chi connectivity index (χ1v) is 17.8. The van der Waals surface area contributed by atoms with Crippen LogP contribution in [0.4, 0.5) is 0 Å². The van der Waals surface area contributed by atoms with Gasteiger partial charge in [-0.15, -0.1) is 0 Å². The number of nitrogens with zero attached hydrogens (tertiary/aromatic N) is 4. The first kappa shape index (κ1) is 33.7. The Kier molecular flexibility index (Phi) is 9.63. The van der Waals surface area contributed by atoms with Crippen LogP contribution < -0.4 is 4.74 Å². The van der Waals surface area contributed by atoms with Gasteiger partial charge in [0.05, 0.1) is 24.5 Å². The predicted octanol–water partition coefficient (Wildman–Crippen LogP) is 6.26. The van der Waals surface area contributed by atoms with Crippen LogP contribution in [0.15, 0.2) is 71.7 Å². The number of aliphatic hydroxyl groups excluding tert-OH is 1. The van der Waals surface area contributed by atoms with Gasteiger partial charge in [0.2, 0.25) is 10.0 Å². The molecule has 0 saturated carbocycles. The highest BCUT2D eigenvalue weighted by atomic mass is 35.5. The molecular formula is C34H42Cl2N4O4S. The number of hydrogen-bond donors (Lipinski definition) is 1. The summed E-state index contributed by atoms with van der Waals surface area (Å²) < 4.78 is 32.2. The van der Waals surface area contributed by atoms with Crippen molar-refractivity contribution in [2.75, 3.05) is 39.0 Å². The molecule has 0 bridgehead atoms. The van der Waals surface area contributed by atoms with Crippen LogP contribution in [0.2, 0.25) is 10.0 Å². The fourth-order valence-corrected chi connectivity index (χ4v) is 7.28. The zero-order valence-electron chi connectivity index (χ0n) is 26.7. The monoisotopic (exact) mass is 672 g/mol. The van der Waals surface area contributed by atoms with Crippen LogP contribution in [0.25, 0.3) is 0 Å². The third-order valence-corrected chi connectivity index (χ3v) is 10.5. The minimum Gasteiger partial charge on any atom is -0.493 e. The standard InChI is InChI=1S/C34H42Cl2N4O4S/c1-7-44-29-22-25(33(2,3)4)12-17-28(29)31-37-34(5,24-10-15-27(36)16-11-24)30(23-8-13-26(35)14-9-23)40(31)32(41)38-18-20-39(21-19-38)45(6,42)43/h8-17,22,30,32,41H,7,18-21H2,1-6H3/t30-,32?,34+/m1/s1. The number of hydrogen-bond acceptors (Lipinski definition) is 7. The Morgan fingerprint density at radius 1 is 0.978 bits per heavy atom. The molecule has 8 nitrogen and oxygen atoms in total. The largest absolute Gasteiger partial charge is 0.493 e. The zero-order valence-corrected chi connectivity index (χ0v) is 29.0. The van der Waals surface area contributed by atoms with Crippen molar-refractivity contribution in [2.24, 2.45) is 4.99 Å². The molecule has 0 aromatic heterocycles. The minimum absolute atomic E-state index is 0.107. The lowest BCUT2D eigenvalue weighted by atomic mass is 9.81. The molecule has 3 aromatic rings. The van der Waals surface area contributed by atoms with Crippen LogP contribution in [0.3, 0.4) is 0 Å². The van der Waals surface area contributed by atoms with Gasteiger partial charge < -0.3 is 14.7 Å². The van der Waals surface area contributed by atoms with Crippen molar-refractivity contribution in [3.63, 3.8) is 0 Å². The molecule has 1 N–H and O–H groups in total. The topological polar surface area (TPSA) is 85.7 Å². The van der Waals surface area contributed by atoms with Gasteiger partial charge in [0.1, 0.15) is 17.1 Å². The maximum absolute atomic E-state index is 12.3. The summed E-state index contributed by atoms with van der Waals surface area (Å²) in [7, 11) is -3.34. The second-order valence-corrected chi connectivity index (χ2v) is 15.7. The Hall–Kier alpha value is -2.66. The number of halogens is 2. The predicted molar refractivity (Wildman–Crippen MR) is 182 cm³/mol. The molecule has 5 rings (SSSR count). The number of aliphatic imine (C=N–C) groups is 1. The molecule has 45 heavy (non-hydrogen) atoms. The molecule has 11 heteroatoms. The van der Waals surface area contributed by atoms with Gasteiger partial charge in [0.25, 0.3) is 0 Å². The number of aliphatic hydroxyl groups is 1. The normalized spacial score (nSPS) is 22.4. The summed E-state index contributed by atoms with van der Waals surface area (Å²) in [6.45, 7) is 12.2. The Morgan fingerprint density at radius 2 is 1.56 bits per heavy atom. The molecule has 3 aromatic carbocycles. The van der Waals surface area contributed by atoms with E-state index in [1.807, 2.05) is 71.3 Å². The highest BCUT2D eigenvalue weighted by Gasteiger charge is 2.51. The average molecular weight is 674 g/mol. The van der Waals surface area contributed by atoms with Gasteiger partial charge in [-0.2, -0.15) is 4.31 Å². The highest BCUT2D eigenvalue weighted by Crippen LogP contribution is 2.50. The van der Waals surface area contributed by atoms with Crippen molar-refractivity contribution in [1.82, 2.24) is 14.1 Å². The van der Waals surface area contributed by atoms with Gasteiger partial charge in [-0.25, -0.2) is 8.42 Å². The fourth-order valence-electron chi connectivity index (χ4n) is 6.20. The maximum atomic E-state index is 12.3. The molecule has 242 valence electrons. The lowest BCUT2D eigenvalue weighted by Crippen LogP contribution is -2.58. The number of rotatable bonds is 8. The fraction of sp³-hybridized carbons (Fsp3) is 0.441. The summed E-state index contributed by atoms with van der Waals surface area (Å²) in [4.78, 5) is 9.30. The molecule has 1 fully saturated rings. The summed E-state index contributed by atoms with van der Waals surface area (Å²) in [5.41, 5.74) is 2.74. The van der Waals surface area contributed by atoms with E-state index in [0.29, 0.717) is 41.3 Å². The van der Waals surface area contributed by atoms with E-state index in [1.54, 1.807) is 0 Å². The van der Waals surface area contributed by atoms with Crippen LogP contribution in [-0.2, 0) is 21.0 Å². The number of ether oxygens (including phenoxy) is 1. The van der Waals surface area contributed by atoms with Crippen LogP contribution in [-0.4, -0.2) is 78.9 Å². The van der Waals surface area contributed by atoms with E-state index in [9.17, 15) is 13.5 Å². The van der Waals surface area contributed by atoms with Crippen LogP contribution >= 0.6 is 23.2 Å². The third-order valence-electron chi connectivity index (χ3n) is 8.71. The van der Waals surface area contributed by atoms with Crippen molar-refractivity contribution in [3.8, 4) is 5.75 Å². The van der Waals surface area contributed by atoms with Crippen molar-refractivity contribution >= 4 is 39.1 Å². The van der Waals surface area contributed by atoms with E-state index >= 15 is 0 Å². The summed E-state index contributed by atoms with van der Waals surface area (Å²) >= 11 is 12.7. The maximum Gasteiger partial charge on any atom is 0.211 e. The summed E-state index contributed by atoms with van der Waals surface area (Å²) in [5.74, 6) is 1.26. The quantitative estimate of drug-likeness (QED) is 0.304. The van der Waals surface area contributed by atoms with Crippen molar-refractivity contribution in [3.05, 3.63) is 99.0 Å².